The molecule has 0 radical (unpaired) electrons. The van der Waals surface area contributed by atoms with E-state index >= 15 is 0 Å². The first-order valence-electron chi connectivity index (χ1n) is 7.86. The standard InChI is InChI=1S/C15H23N5O/c21-14(12-4-1-6-16-10-12)19-13-5-2-9-20(11-13)15-17-7-3-8-18-15/h3,7-8,12-13,16H,1-2,4-6,9-11H2,(H,19,21)/t12-,13?/m0/s1. The van der Waals surface area contributed by atoms with Gasteiger partial charge in [-0.05, 0) is 38.3 Å². The molecule has 1 amide bonds. The highest BCUT2D eigenvalue weighted by atomic mass is 16.2. The fourth-order valence-electron chi connectivity index (χ4n) is 3.13. The van der Waals surface area contributed by atoms with Crippen LogP contribution in [0.2, 0.25) is 0 Å². The maximum Gasteiger partial charge on any atom is 0.225 e. The van der Waals surface area contributed by atoms with Crippen molar-refractivity contribution in [3.05, 3.63) is 18.5 Å². The first-order valence-corrected chi connectivity index (χ1v) is 7.86. The Bertz CT molecular complexity index is 460. The normalized spacial score (nSPS) is 26.4. The zero-order valence-corrected chi connectivity index (χ0v) is 12.3. The number of hydrogen-bond donors (Lipinski definition) is 2. The van der Waals surface area contributed by atoms with E-state index in [4.69, 9.17) is 0 Å². The molecule has 3 heterocycles. The summed E-state index contributed by atoms with van der Waals surface area (Å²) in [5, 5.41) is 6.51. The average molecular weight is 289 g/mol. The van der Waals surface area contributed by atoms with Crippen LogP contribution in [0.4, 0.5) is 5.95 Å². The van der Waals surface area contributed by atoms with Crippen LogP contribution in [-0.2, 0) is 4.79 Å². The molecule has 6 nitrogen and oxygen atoms in total. The van der Waals surface area contributed by atoms with Crippen molar-refractivity contribution in [3.8, 4) is 0 Å². The molecule has 0 bridgehead atoms. The molecule has 21 heavy (non-hydrogen) atoms. The molecule has 1 unspecified atom stereocenters. The van der Waals surface area contributed by atoms with Gasteiger partial charge in [0.25, 0.3) is 0 Å². The van der Waals surface area contributed by atoms with Crippen LogP contribution < -0.4 is 15.5 Å². The molecule has 3 rings (SSSR count). The van der Waals surface area contributed by atoms with Crippen molar-refractivity contribution < 1.29 is 4.79 Å². The summed E-state index contributed by atoms with van der Waals surface area (Å²) >= 11 is 0. The van der Waals surface area contributed by atoms with E-state index in [0.29, 0.717) is 0 Å². The monoisotopic (exact) mass is 289 g/mol. The molecule has 2 atom stereocenters. The van der Waals surface area contributed by atoms with Crippen LogP contribution in [-0.4, -0.2) is 48.1 Å². The van der Waals surface area contributed by atoms with E-state index in [-0.39, 0.29) is 17.9 Å². The lowest BCUT2D eigenvalue weighted by Gasteiger charge is -2.34. The zero-order chi connectivity index (χ0) is 14.5. The molecule has 2 aliphatic rings. The molecule has 1 aromatic heterocycles. The predicted octanol–water partition coefficient (Wildman–Crippen LogP) is 0.561. The van der Waals surface area contributed by atoms with Gasteiger partial charge in [0.1, 0.15) is 0 Å². The largest absolute Gasteiger partial charge is 0.351 e. The zero-order valence-electron chi connectivity index (χ0n) is 12.3. The fourth-order valence-corrected chi connectivity index (χ4v) is 3.13. The molecule has 2 aliphatic heterocycles. The molecule has 0 spiro atoms. The predicted molar refractivity (Wildman–Crippen MR) is 81.0 cm³/mol. The second-order valence-corrected chi connectivity index (χ2v) is 5.89. The average Bonchev–Trinajstić information content (AvgIpc) is 2.57. The van der Waals surface area contributed by atoms with Crippen LogP contribution in [0.1, 0.15) is 25.7 Å². The topological polar surface area (TPSA) is 70.2 Å². The van der Waals surface area contributed by atoms with Crippen LogP contribution in [0.15, 0.2) is 18.5 Å². The van der Waals surface area contributed by atoms with Crippen molar-refractivity contribution in [1.29, 1.82) is 0 Å². The Labute approximate surface area is 125 Å². The summed E-state index contributed by atoms with van der Waals surface area (Å²) in [7, 11) is 0. The lowest BCUT2D eigenvalue weighted by Crippen LogP contribution is -2.51. The molecule has 2 fully saturated rings. The van der Waals surface area contributed by atoms with Gasteiger partial charge in [-0.3, -0.25) is 4.79 Å². The van der Waals surface area contributed by atoms with Crippen molar-refractivity contribution >= 4 is 11.9 Å². The summed E-state index contributed by atoms with van der Waals surface area (Å²) in [6.07, 6.45) is 7.71. The van der Waals surface area contributed by atoms with Gasteiger partial charge < -0.3 is 15.5 Å². The van der Waals surface area contributed by atoms with Crippen molar-refractivity contribution in [2.45, 2.75) is 31.7 Å². The molecule has 0 aromatic carbocycles. The van der Waals surface area contributed by atoms with Crippen LogP contribution >= 0.6 is 0 Å². The summed E-state index contributed by atoms with van der Waals surface area (Å²) in [5.74, 6) is 1.08. The second kappa shape index (κ2) is 6.85. The quantitative estimate of drug-likeness (QED) is 0.851. The third-order valence-electron chi connectivity index (χ3n) is 4.27. The van der Waals surface area contributed by atoms with E-state index in [0.717, 1.165) is 57.8 Å². The fraction of sp³-hybridized carbons (Fsp3) is 0.667. The molecule has 2 N–H and O–H groups in total. The Kier molecular flexibility index (Phi) is 4.65. The number of nitrogens with zero attached hydrogens (tertiary/aromatic N) is 3. The van der Waals surface area contributed by atoms with Gasteiger partial charge in [0.05, 0.1) is 5.92 Å². The number of rotatable bonds is 3. The minimum Gasteiger partial charge on any atom is -0.351 e. The smallest absolute Gasteiger partial charge is 0.225 e. The SMILES string of the molecule is O=C(NC1CCCN(c2ncccn2)C1)[C@H]1CCCNC1. The Balaban J connectivity index is 1.55. The minimum absolute atomic E-state index is 0.127. The maximum absolute atomic E-state index is 12.3. The Morgan fingerprint density at radius 3 is 2.90 bits per heavy atom. The number of carbonyl (C=O) groups excluding carboxylic acids is 1. The highest BCUT2D eigenvalue weighted by Crippen LogP contribution is 2.16. The summed E-state index contributed by atoms with van der Waals surface area (Å²) in [6.45, 7) is 3.60. The van der Waals surface area contributed by atoms with E-state index in [9.17, 15) is 4.79 Å². The first kappa shape index (κ1) is 14.3. The Morgan fingerprint density at radius 2 is 2.14 bits per heavy atom. The molecule has 114 valence electrons. The van der Waals surface area contributed by atoms with E-state index in [1.807, 2.05) is 6.07 Å². The first-order chi connectivity index (χ1) is 10.3. The number of aromatic nitrogens is 2. The number of amides is 1. The number of carbonyl (C=O) groups is 1. The van der Waals surface area contributed by atoms with Crippen molar-refractivity contribution in [3.63, 3.8) is 0 Å². The van der Waals surface area contributed by atoms with Crippen LogP contribution in [0.3, 0.4) is 0 Å². The third-order valence-corrected chi connectivity index (χ3v) is 4.27. The van der Waals surface area contributed by atoms with Gasteiger partial charge in [0.2, 0.25) is 11.9 Å². The van der Waals surface area contributed by atoms with E-state index in [2.05, 4.69) is 25.5 Å². The van der Waals surface area contributed by atoms with Gasteiger partial charge in [-0.15, -0.1) is 0 Å². The molecular formula is C15H23N5O. The summed E-state index contributed by atoms with van der Waals surface area (Å²) in [6, 6.07) is 2.03. The van der Waals surface area contributed by atoms with Gasteiger partial charge >= 0.3 is 0 Å². The summed E-state index contributed by atoms with van der Waals surface area (Å²) < 4.78 is 0. The molecule has 2 saturated heterocycles. The van der Waals surface area contributed by atoms with Crippen molar-refractivity contribution in [2.75, 3.05) is 31.1 Å². The number of piperidine rings is 2. The number of nitrogens with one attached hydrogen (secondary N) is 2. The van der Waals surface area contributed by atoms with E-state index in [1.165, 1.54) is 0 Å². The van der Waals surface area contributed by atoms with Gasteiger partial charge in [0.15, 0.2) is 0 Å². The highest BCUT2D eigenvalue weighted by Gasteiger charge is 2.26. The van der Waals surface area contributed by atoms with Crippen LogP contribution in [0.5, 0.6) is 0 Å². The minimum atomic E-state index is 0.127. The molecule has 6 heteroatoms. The molecule has 0 saturated carbocycles. The van der Waals surface area contributed by atoms with Crippen LogP contribution in [0.25, 0.3) is 0 Å². The molecular weight excluding hydrogens is 266 g/mol. The lowest BCUT2D eigenvalue weighted by molar-refractivity contribution is -0.126. The molecule has 1 aromatic rings. The number of anilines is 1. The summed E-state index contributed by atoms with van der Waals surface area (Å²) in [5.41, 5.74) is 0. The van der Waals surface area contributed by atoms with Crippen LogP contribution in [0, 0.1) is 5.92 Å². The van der Waals surface area contributed by atoms with Gasteiger partial charge in [-0.25, -0.2) is 9.97 Å². The Hall–Kier alpha value is -1.69. The Morgan fingerprint density at radius 1 is 1.29 bits per heavy atom. The van der Waals surface area contributed by atoms with Gasteiger partial charge in [0, 0.05) is 38.1 Å². The van der Waals surface area contributed by atoms with Gasteiger partial charge in [-0.2, -0.15) is 0 Å². The summed E-state index contributed by atoms with van der Waals surface area (Å²) in [4.78, 5) is 23.1. The lowest BCUT2D eigenvalue weighted by atomic mass is 9.97. The van der Waals surface area contributed by atoms with E-state index < -0.39 is 0 Å². The van der Waals surface area contributed by atoms with Crippen molar-refractivity contribution in [1.82, 2.24) is 20.6 Å². The maximum atomic E-state index is 12.3. The van der Waals surface area contributed by atoms with E-state index in [1.54, 1.807) is 12.4 Å². The second-order valence-electron chi connectivity index (χ2n) is 5.89. The molecule has 0 aliphatic carbocycles. The van der Waals surface area contributed by atoms with Crippen molar-refractivity contribution in [2.24, 2.45) is 5.92 Å². The highest BCUT2D eigenvalue weighted by molar-refractivity contribution is 5.79. The van der Waals surface area contributed by atoms with Gasteiger partial charge in [-0.1, -0.05) is 0 Å². The third kappa shape index (κ3) is 3.69. The number of hydrogen-bond acceptors (Lipinski definition) is 5.